The van der Waals surface area contributed by atoms with Crippen LogP contribution in [0.2, 0.25) is 5.02 Å². The van der Waals surface area contributed by atoms with Gasteiger partial charge in [-0.15, -0.1) is 0 Å². The molecule has 5 nitrogen and oxygen atoms in total. The van der Waals surface area contributed by atoms with E-state index in [9.17, 15) is 9.65 Å². The van der Waals surface area contributed by atoms with Crippen LogP contribution in [0.4, 0.5) is 21.5 Å². The van der Waals surface area contributed by atoms with Gasteiger partial charge in [-0.2, -0.15) is 5.26 Å². The van der Waals surface area contributed by atoms with E-state index in [1.165, 1.54) is 24.5 Å². The lowest BCUT2D eigenvalue weighted by Crippen LogP contribution is -2.11. The van der Waals surface area contributed by atoms with Gasteiger partial charge in [0.2, 0.25) is 0 Å². The number of halogens is 2. The quantitative estimate of drug-likeness (QED) is 0.446. The van der Waals surface area contributed by atoms with Crippen molar-refractivity contribution in [2.24, 2.45) is 5.92 Å². The molecule has 1 aromatic heterocycles. The minimum atomic E-state index is -0.502. The number of aromatic nitrogens is 1. The second kappa shape index (κ2) is 8.68. The molecule has 0 aliphatic rings. The molecule has 0 amide bonds. The molecule has 142 valence electrons. The van der Waals surface area contributed by atoms with E-state index in [4.69, 9.17) is 17.0 Å². The topological polar surface area (TPSA) is 84.6 Å². The lowest BCUT2D eigenvalue weighted by Gasteiger charge is -2.15. The lowest BCUT2D eigenvalue weighted by molar-refractivity contribution is 0.628. The van der Waals surface area contributed by atoms with Crippen LogP contribution in [-0.4, -0.2) is 17.7 Å². The highest BCUT2D eigenvalue weighted by Crippen LogP contribution is 2.32. The van der Waals surface area contributed by atoms with Gasteiger partial charge >= 0.3 is 0 Å². The van der Waals surface area contributed by atoms with Crippen molar-refractivity contribution in [3.63, 3.8) is 0 Å². The average Bonchev–Trinajstić information content (AvgIpc) is 2.69. The molecule has 1 unspecified atom stereocenters. The van der Waals surface area contributed by atoms with E-state index in [0.717, 1.165) is 23.1 Å². The second-order valence-electron chi connectivity index (χ2n) is 6.57. The van der Waals surface area contributed by atoms with Gasteiger partial charge in [0.05, 0.1) is 21.8 Å². The molecule has 0 fully saturated rings. The van der Waals surface area contributed by atoms with Gasteiger partial charge in [-0.1, -0.05) is 18.5 Å². The van der Waals surface area contributed by atoms with Crippen LogP contribution in [0.3, 0.4) is 0 Å². The highest BCUT2D eigenvalue weighted by molar-refractivity contribution is 6.31. The highest BCUT2D eigenvalue weighted by Gasteiger charge is 2.11. The van der Waals surface area contributed by atoms with Crippen LogP contribution >= 0.6 is 11.6 Å². The zero-order valence-corrected chi connectivity index (χ0v) is 16.0. The molecular formula is C21H19ClFN5. The van der Waals surface area contributed by atoms with Crippen molar-refractivity contribution < 1.29 is 4.39 Å². The van der Waals surface area contributed by atoms with Gasteiger partial charge in [-0.25, -0.2) is 4.39 Å². The molecule has 0 spiro atoms. The summed E-state index contributed by atoms with van der Waals surface area (Å²) in [4.78, 5) is 4.35. The number of nitriles is 1. The first-order valence-electron chi connectivity index (χ1n) is 8.79. The number of nitrogens with one attached hydrogen (secondary N) is 3. The minimum absolute atomic E-state index is 0.00408. The summed E-state index contributed by atoms with van der Waals surface area (Å²) in [7, 11) is 0. The molecule has 2 aromatic carbocycles. The van der Waals surface area contributed by atoms with Gasteiger partial charge in [-0.3, -0.25) is 4.98 Å². The van der Waals surface area contributed by atoms with Crippen LogP contribution in [0.25, 0.3) is 10.9 Å². The fourth-order valence-corrected chi connectivity index (χ4v) is 3.00. The van der Waals surface area contributed by atoms with Crippen molar-refractivity contribution in [3.8, 4) is 6.07 Å². The van der Waals surface area contributed by atoms with Crippen LogP contribution < -0.4 is 10.6 Å². The Hall–Kier alpha value is -3.17. The third-order valence-electron chi connectivity index (χ3n) is 4.35. The smallest absolute Gasteiger partial charge is 0.141 e. The van der Waals surface area contributed by atoms with Crippen molar-refractivity contribution in [2.45, 2.75) is 13.3 Å². The fourth-order valence-electron chi connectivity index (χ4n) is 2.82. The molecule has 3 aromatic rings. The summed E-state index contributed by atoms with van der Waals surface area (Å²) in [6, 6.07) is 12.2. The summed E-state index contributed by atoms with van der Waals surface area (Å²) < 4.78 is 13.4. The second-order valence-corrected chi connectivity index (χ2v) is 6.98. The molecule has 0 aliphatic heterocycles. The number of pyridine rings is 1. The van der Waals surface area contributed by atoms with Crippen molar-refractivity contribution in [1.29, 1.82) is 10.7 Å². The van der Waals surface area contributed by atoms with Crippen LogP contribution in [0.15, 0.2) is 42.6 Å². The Labute approximate surface area is 167 Å². The Morgan fingerprint density at radius 3 is 2.79 bits per heavy atom. The van der Waals surface area contributed by atoms with Gasteiger partial charge in [-0.05, 0) is 55.0 Å². The SMILES string of the molecule is CC(CC=N)CNc1ccc2ncc(C#N)c(Nc3ccc(F)c(Cl)c3)c2c1. The van der Waals surface area contributed by atoms with Gasteiger partial charge in [0.15, 0.2) is 0 Å². The predicted octanol–water partition coefficient (Wildman–Crippen LogP) is 5.73. The number of fused-ring (bicyclic) bond motifs is 1. The van der Waals surface area contributed by atoms with Gasteiger partial charge in [0, 0.05) is 29.5 Å². The molecular weight excluding hydrogens is 377 g/mol. The Kier molecular flexibility index (Phi) is 6.07. The largest absolute Gasteiger partial charge is 0.385 e. The molecule has 28 heavy (non-hydrogen) atoms. The first kappa shape index (κ1) is 19.6. The van der Waals surface area contributed by atoms with E-state index in [-0.39, 0.29) is 5.02 Å². The summed E-state index contributed by atoms with van der Waals surface area (Å²) in [6.07, 6.45) is 3.62. The lowest BCUT2D eigenvalue weighted by atomic mass is 10.1. The van der Waals surface area contributed by atoms with E-state index >= 15 is 0 Å². The van der Waals surface area contributed by atoms with E-state index in [2.05, 4.69) is 28.6 Å². The maximum atomic E-state index is 13.4. The number of anilines is 3. The molecule has 1 heterocycles. The molecule has 7 heteroatoms. The number of rotatable bonds is 7. The van der Waals surface area contributed by atoms with Crippen LogP contribution in [0.5, 0.6) is 0 Å². The minimum Gasteiger partial charge on any atom is -0.385 e. The van der Waals surface area contributed by atoms with E-state index in [1.807, 2.05) is 18.2 Å². The number of hydrogen-bond donors (Lipinski definition) is 3. The molecule has 1 atom stereocenters. The van der Waals surface area contributed by atoms with E-state index in [1.54, 1.807) is 6.07 Å². The summed E-state index contributed by atoms with van der Waals surface area (Å²) in [5, 5.41) is 24.0. The monoisotopic (exact) mass is 395 g/mol. The van der Waals surface area contributed by atoms with Crippen molar-refractivity contribution >= 4 is 45.8 Å². The molecule has 0 saturated heterocycles. The Balaban J connectivity index is 1.98. The standard InChI is InChI=1S/C21H19ClFN5/c1-13(6-7-24)11-26-15-3-5-20-17(8-15)21(14(10-25)12-27-20)28-16-2-4-19(23)18(22)9-16/h2-5,7-9,12-13,24,26H,6,11H2,1H3,(H,27,28). The summed E-state index contributed by atoms with van der Waals surface area (Å²) in [6.45, 7) is 2.79. The van der Waals surface area contributed by atoms with Gasteiger partial charge < -0.3 is 16.0 Å². The zero-order chi connectivity index (χ0) is 20.1. The highest BCUT2D eigenvalue weighted by atomic mass is 35.5. The Morgan fingerprint density at radius 2 is 2.07 bits per heavy atom. The maximum Gasteiger partial charge on any atom is 0.141 e. The van der Waals surface area contributed by atoms with Crippen LogP contribution in [0, 0.1) is 28.5 Å². The van der Waals surface area contributed by atoms with Gasteiger partial charge in [0.25, 0.3) is 0 Å². The normalized spacial score (nSPS) is 11.6. The molecule has 0 aliphatic carbocycles. The van der Waals surface area contributed by atoms with E-state index in [0.29, 0.717) is 29.3 Å². The number of hydrogen-bond acceptors (Lipinski definition) is 5. The molecule has 0 bridgehead atoms. The van der Waals surface area contributed by atoms with E-state index < -0.39 is 5.82 Å². The number of nitrogens with zero attached hydrogens (tertiary/aromatic N) is 2. The van der Waals surface area contributed by atoms with Crippen molar-refractivity contribution in [3.05, 3.63) is 59.0 Å². The zero-order valence-electron chi connectivity index (χ0n) is 15.3. The first-order valence-corrected chi connectivity index (χ1v) is 9.17. The molecule has 3 N–H and O–H groups in total. The summed E-state index contributed by atoms with van der Waals surface area (Å²) in [5.41, 5.74) is 3.16. The molecule has 0 saturated carbocycles. The Bertz CT molecular complexity index is 1060. The van der Waals surface area contributed by atoms with Crippen LogP contribution in [-0.2, 0) is 0 Å². The summed E-state index contributed by atoms with van der Waals surface area (Å²) in [5.74, 6) is -0.173. The molecule has 0 radical (unpaired) electrons. The maximum absolute atomic E-state index is 13.4. The van der Waals surface area contributed by atoms with Gasteiger partial charge in [0.1, 0.15) is 11.9 Å². The Morgan fingerprint density at radius 1 is 1.29 bits per heavy atom. The van der Waals surface area contributed by atoms with Crippen LogP contribution in [0.1, 0.15) is 18.9 Å². The molecule has 3 rings (SSSR count). The van der Waals surface area contributed by atoms with Crippen molar-refractivity contribution in [2.75, 3.05) is 17.2 Å². The summed E-state index contributed by atoms with van der Waals surface area (Å²) >= 11 is 5.88. The predicted molar refractivity (Wildman–Crippen MR) is 112 cm³/mol. The fraction of sp³-hybridized carbons (Fsp3) is 0.190. The first-order chi connectivity index (χ1) is 13.5. The third kappa shape index (κ3) is 4.38. The number of benzene rings is 2. The van der Waals surface area contributed by atoms with Crippen molar-refractivity contribution in [1.82, 2.24) is 4.98 Å². The average molecular weight is 396 g/mol. The third-order valence-corrected chi connectivity index (χ3v) is 4.64.